The van der Waals surface area contributed by atoms with Crippen LogP contribution >= 0.6 is 0 Å². The third-order valence-electron chi connectivity index (χ3n) is 3.02. The van der Waals surface area contributed by atoms with Gasteiger partial charge in [0.25, 0.3) is 0 Å². The van der Waals surface area contributed by atoms with Crippen molar-refractivity contribution in [1.29, 1.82) is 0 Å². The number of aliphatic hydroxyl groups is 1. The molecule has 1 saturated heterocycles. The fraction of sp³-hybridized carbons (Fsp3) is 1.00. The normalized spacial score (nSPS) is 39.8. The highest BCUT2D eigenvalue weighted by atomic mass is 16.3. The van der Waals surface area contributed by atoms with Crippen LogP contribution in [-0.2, 0) is 0 Å². The first-order valence-electron chi connectivity index (χ1n) is 4.68. The lowest BCUT2D eigenvalue weighted by atomic mass is 10.1. The first-order chi connectivity index (χ1) is 5.25. The van der Waals surface area contributed by atoms with Crippen molar-refractivity contribution in [1.82, 2.24) is 4.90 Å². The monoisotopic (exact) mass is 155 g/mol. The molecule has 2 rings (SSSR count). The molecule has 1 saturated carbocycles. The van der Waals surface area contributed by atoms with Crippen LogP contribution in [0.4, 0.5) is 0 Å². The SMILES string of the molecule is C[C@@H](O)CN1CC2CCC1C2. The van der Waals surface area contributed by atoms with Crippen molar-refractivity contribution in [3.8, 4) is 0 Å². The van der Waals surface area contributed by atoms with E-state index in [1.54, 1.807) is 0 Å². The molecule has 0 aromatic carbocycles. The molecule has 0 radical (unpaired) electrons. The summed E-state index contributed by atoms with van der Waals surface area (Å²) in [6.45, 7) is 4.02. The van der Waals surface area contributed by atoms with Crippen molar-refractivity contribution >= 4 is 0 Å². The summed E-state index contributed by atoms with van der Waals surface area (Å²) in [6, 6.07) is 0.814. The first-order valence-corrected chi connectivity index (χ1v) is 4.68. The number of hydrogen-bond donors (Lipinski definition) is 1. The number of piperidine rings is 1. The molecule has 11 heavy (non-hydrogen) atoms. The van der Waals surface area contributed by atoms with Crippen LogP contribution in [0.3, 0.4) is 0 Å². The number of hydrogen-bond acceptors (Lipinski definition) is 2. The van der Waals surface area contributed by atoms with E-state index in [9.17, 15) is 5.11 Å². The molecule has 0 aromatic heterocycles. The molecule has 1 aliphatic carbocycles. The number of fused-ring (bicyclic) bond motifs is 2. The minimum Gasteiger partial charge on any atom is -0.392 e. The van der Waals surface area contributed by atoms with E-state index >= 15 is 0 Å². The van der Waals surface area contributed by atoms with E-state index in [-0.39, 0.29) is 6.10 Å². The summed E-state index contributed by atoms with van der Waals surface area (Å²) in [4.78, 5) is 2.46. The third-order valence-corrected chi connectivity index (χ3v) is 3.02. The number of aliphatic hydroxyl groups excluding tert-OH is 1. The molecule has 0 spiro atoms. The van der Waals surface area contributed by atoms with Gasteiger partial charge in [-0.2, -0.15) is 0 Å². The van der Waals surface area contributed by atoms with Crippen LogP contribution in [-0.4, -0.2) is 35.2 Å². The molecular formula is C9H17NO. The van der Waals surface area contributed by atoms with E-state index in [0.717, 1.165) is 18.5 Å². The zero-order valence-corrected chi connectivity index (χ0v) is 7.16. The van der Waals surface area contributed by atoms with Gasteiger partial charge in [0.05, 0.1) is 6.10 Å². The van der Waals surface area contributed by atoms with Crippen LogP contribution in [0.2, 0.25) is 0 Å². The quantitative estimate of drug-likeness (QED) is 0.639. The van der Waals surface area contributed by atoms with E-state index in [1.165, 1.54) is 25.8 Å². The fourth-order valence-corrected chi connectivity index (χ4v) is 2.59. The predicted molar refractivity (Wildman–Crippen MR) is 44.4 cm³/mol. The third kappa shape index (κ3) is 1.42. The average Bonchev–Trinajstić information content (AvgIpc) is 2.45. The maximum absolute atomic E-state index is 9.20. The van der Waals surface area contributed by atoms with E-state index in [1.807, 2.05) is 6.92 Å². The molecule has 0 amide bonds. The molecule has 2 aliphatic rings. The van der Waals surface area contributed by atoms with Gasteiger partial charge in [-0.1, -0.05) is 0 Å². The second-order valence-electron chi connectivity index (χ2n) is 4.14. The Hall–Kier alpha value is -0.0800. The summed E-state index contributed by atoms with van der Waals surface area (Å²) < 4.78 is 0. The Morgan fingerprint density at radius 3 is 2.82 bits per heavy atom. The minimum atomic E-state index is -0.144. The largest absolute Gasteiger partial charge is 0.392 e. The lowest BCUT2D eigenvalue weighted by molar-refractivity contribution is 0.107. The number of likely N-dealkylation sites (tertiary alicyclic amines) is 1. The van der Waals surface area contributed by atoms with E-state index in [4.69, 9.17) is 0 Å². The molecule has 1 N–H and O–H groups in total. The van der Waals surface area contributed by atoms with Crippen molar-refractivity contribution in [2.45, 2.75) is 38.3 Å². The Bertz CT molecular complexity index is 146. The molecule has 2 heteroatoms. The highest BCUT2D eigenvalue weighted by Gasteiger charge is 2.37. The van der Waals surface area contributed by atoms with Crippen molar-refractivity contribution in [2.24, 2.45) is 5.92 Å². The summed E-state index contributed by atoms with van der Waals surface area (Å²) >= 11 is 0. The summed E-state index contributed by atoms with van der Waals surface area (Å²) in [5.74, 6) is 0.957. The first kappa shape index (κ1) is 7.56. The van der Waals surface area contributed by atoms with Gasteiger partial charge in [-0.15, -0.1) is 0 Å². The molecule has 2 fully saturated rings. The van der Waals surface area contributed by atoms with Gasteiger partial charge in [0.15, 0.2) is 0 Å². The van der Waals surface area contributed by atoms with Gasteiger partial charge in [0.2, 0.25) is 0 Å². The van der Waals surface area contributed by atoms with Crippen molar-refractivity contribution in [2.75, 3.05) is 13.1 Å². The Morgan fingerprint density at radius 1 is 1.55 bits per heavy atom. The van der Waals surface area contributed by atoms with Gasteiger partial charge < -0.3 is 5.11 Å². The Balaban J connectivity index is 1.87. The van der Waals surface area contributed by atoms with Crippen molar-refractivity contribution < 1.29 is 5.11 Å². The molecule has 2 bridgehead atoms. The highest BCUT2D eigenvalue weighted by molar-refractivity contribution is 4.92. The van der Waals surface area contributed by atoms with Crippen LogP contribution < -0.4 is 0 Å². The van der Waals surface area contributed by atoms with E-state index < -0.39 is 0 Å². The molecule has 2 nitrogen and oxygen atoms in total. The van der Waals surface area contributed by atoms with Crippen molar-refractivity contribution in [3.05, 3.63) is 0 Å². The van der Waals surface area contributed by atoms with Crippen LogP contribution in [0.15, 0.2) is 0 Å². The molecular weight excluding hydrogens is 138 g/mol. The van der Waals surface area contributed by atoms with E-state index in [0.29, 0.717) is 0 Å². The Labute approximate surface area is 68.2 Å². The second-order valence-corrected chi connectivity index (χ2v) is 4.14. The Morgan fingerprint density at radius 2 is 2.36 bits per heavy atom. The molecule has 2 unspecified atom stereocenters. The number of nitrogens with zero attached hydrogens (tertiary/aromatic N) is 1. The average molecular weight is 155 g/mol. The summed E-state index contributed by atoms with van der Waals surface area (Å²) in [5.41, 5.74) is 0. The van der Waals surface area contributed by atoms with Crippen molar-refractivity contribution in [3.63, 3.8) is 0 Å². The van der Waals surface area contributed by atoms with Crippen LogP contribution in [0.5, 0.6) is 0 Å². The standard InChI is InChI=1S/C9H17NO/c1-7(11)5-10-6-8-2-3-9(10)4-8/h7-9,11H,2-6H2,1H3/t7-,8?,9?/m1/s1. The van der Waals surface area contributed by atoms with Gasteiger partial charge in [0, 0.05) is 19.1 Å². The lowest BCUT2D eigenvalue weighted by Gasteiger charge is -2.27. The van der Waals surface area contributed by atoms with Gasteiger partial charge in [-0.3, -0.25) is 4.90 Å². The molecule has 1 aliphatic heterocycles. The molecule has 0 aromatic rings. The van der Waals surface area contributed by atoms with Gasteiger partial charge in [-0.25, -0.2) is 0 Å². The van der Waals surface area contributed by atoms with Gasteiger partial charge >= 0.3 is 0 Å². The van der Waals surface area contributed by atoms with E-state index in [2.05, 4.69) is 4.90 Å². The zero-order valence-electron chi connectivity index (χ0n) is 7.16. The van der Waals surface area contributed by atoms with Crippen LogP contribution in [0.25, 0.3) is 0 Å². The summed E-state index contributed by atoms with van der Waals surface area (Å²) in [6.07, 6.45) is 4.06. The smallest absolute Gasteiger partial charge is 0.0639 e. The molecule has 3 atom stereocenters. The fourth-order valence-electron chi connectivity index (χ4n) is 2.59. The Kier molecular flexibility index (Phi) is 1.90. The maximum atomic E-state index is 9.20. The maximum Gasteiger partial charge on any atom is 0.0639 e. The van der Waals surface area contributed by atoms with Crippen LogP contribution in [0.1, 0.15) is 26.2 Å². The topological polar surface area (TPSA) is 23.5 Å². The predicted octanol–water partition coefficient (Wildman–Crippen LogP) is 0.852. The zero-order chi connectivity index (χ0) is 7.84. The van der Waals surface area contributed by atoms with Gasteiger partial charge in [0.1, 0.15) is 0 Å². The second kappa shape index (κ2) is 2.76. The highest BCUT2D eigenvalue weighted by Crippen LogP contribution is 2.37. The summed E-state index contributed by atoms with van der Waals surface area (Å²) in [7, 11) is 0. The number of rotatable bonds is 2. The minimum absolute atomic E-state index is 0.144. The molecule has 1 heterocycles. The number of β-amino-alcohol motifs (C(OH)–C–C–N with tert-alkyl or cyclic N) is 1. The lowest BCUT2D eigenvalue weighted by Crippen LogP contribution is -2.37. The molecule has 64 valence electrons. The van der Waals surface area contributed by atoms with Crippen LogP contribution in [0, 0.1) is 5.92 Å². The van der Waals surface area contributed by atoms with Gasteiger partial charge in [-0.05, 0) is 32.1 Å². The summed E-state index contributed by atoms with van der Waals surface area (Å²) in [5, 5.41) is 9.20.